The van der Waals surface area contributed by atoms with Crippen molar-refractivity contribution in [2.24, 2.45) is 4.99 Å². The molecule has 68 valence electrons. The molecule has 0 saturated carbocycles. The van der Waals surface area contributed by atoms with Crippen molar-refractivity contribution >= 4 is 21.7 Å². The minimum atomic E-state index is -0.904. The van der Waals surface area contributed by atoms with Gasteiger partial charge in [0.25, 0.3) is 0 Å². The Hall–Kier alpha value is -0.770. The van der Waals surface area contributed by atoms with Crippen LogP contribution in [0.3, 0.4) is 0 Å². The molecule has 1 atom stereocenters. The summed E-state index contributed by atoms with van der Waals surface area (Å²) in [7, 11) is -0.904. The molecule has 12 heavy (non-hydrogen) atoms. The maximum atomic E-state index is 11.3. The number of nitrogens with zero attached hydrogens (tertiary/aromatic N) is 1. The molecule has 1 aliphatic heterocycles. The molecule has 1 rings (SSSR count). The maximum Gasteiger partial charge on any atom is 0.356 e. The molecule has 0 amide bonds. The molecule has 0 bridgehead atoms. The van der Waals surface area contributed by atoms with E-state index in [9.17, 15) is 4.79 Å². The first-order chi connectivity index (χ1) is 5.49. The van der Waals surface area contributed by atoms with E-state index in [2.05, 4.69) is 4.99 Å². The SMILES string of the molecule is CC(C)(C)OC(=O)[SH]1C=CN=C1. The van der Waals surface area contributed by atoms with E-state index >= 15 is 0 Å². The van der Waals surface area contributed by atoms with Crippen LogP contribution in [-0.2, 0) is 4.74 Å². The highest BCUT2D eigenvalue weighted by Gasteiger charge is 2.20. The van der Waals surface area contributed by atoms with Gasteiger partial charge in [0.1, 0.15) is 5.60 Å². The first kappa shape index (κ1) is 9.32. The fourth-order valence-electron chi connectivity index (χ4n) is 0.682. The van der Waals surface area contributed by atoms with E-state index in [0.717, 1.165) is 0 Å². The monoisotopic (exact) mass is 187 g/mol. The van der Waals surface area contributed by atoms with E-state index in [0.29, 0.717) is 0 Å². The zero-order chi connectivity index (χ0) is 9.19. The van der Waals surface area contributed by atoms with E-state index < -0.39 is 16.5 Å². The molecule has 0 aromatic heterocycles. The van der Waals surface area contributed by atoms with Crippen LogP contribution in [0.25, 0.3) is 0 Å². The summed E-state index contributed by atoms with van der Waals surface area (Å²) in [5.74, 6) is 0. The van der Waals surface area contributed by atoms with Crippen LogP contribution in [0.1, 0.15) is 20.8 Å². The Balaban J connectivity index is 2.49. The Labute approximate surface area is 74.9 Å². The highest BCUT2D eigenvalue weighted by Crippen LogP contribution is 2.31. The third-order valence-electron chi connectivity index (χ3n) is 1.11. The number of rotatable bonds is 0. The van der Waals surface area contributed by atoms with E-state index in [1.54, 1.807) is 17.2 Å². The molecular weight excluding hydrogens is 174 g/mol. The van der Waals surface area contributed by atoms with Gasteiger partial charge in [-0.05, 0) is 26.2 Å². The topological polar surface area (TPSA) is 38.7 Å². The van der Waals surface area contributed by atoms with Crippen molar-refractivity contribution in [3.63, 3.8) is 0 Å². The Bertz CT molecular complexity index is 228. The van der Waals surface area contributed by atoms with Crippen molar-refractivity contribution in [2.75, 3.05) is 0 Å². The van der Waals surface area contributed by atoms with Crippen LogP contribution in [0.5, 0.6) is 0 Å². The number of carbonyl (C=O) groups is 1. The number of hydrogen-bond acceptors (Lipinski definition) is 3. The third kappa shape index (κ3) is 2.70. The fraction of sp³-hybridized carbons (Fsp3) is 0.500. The molecule has 0 radical (unpaired) electrons. The van der Waals surface area contributed by atoms with Crippen LogP contribution in [0.4, 0.5) is 4.79 Å². The van der Waals surface area contributed by atoms with Gasteiger partial charge in [-0.3, -0.25) is 4.99 Å². The predicted octanol–water partition coefficient (Wildman–Crippen LogP) is 2.44. The van der Waals surface area contributed by atoms with Crippen LogP contribution in [-0.4, -0.2) is 16.4 Å². The molecule has 1 aliphatic rings. The fourth-order valence-corrected chi connectivity index (χ4v) is 1.80. The summed E-state index contributed by atoms with van der Waals surface area (Å²) < 4.78 is 5.17. The molecule has 0 fully saturated rings. The lowest BCUT2D eigenvalue weighted by Gasteiger charge is -2.21. The molecule has 3 nitrogen and oxygen atoms in total. The van der Waals surface area contributed by atoms with Gasteiger partial charge in [-0.2, -0.15) is 0 Å². The largest absolute Gasteiger partial charge is 0.453 e. The van der Waals surface area contributed by atoms with Crippen molar-refractivity contribution < 1.29 is 9.53 Å². The van der Waals surface area contributed by atoms with Crippen LogP contribution >= 0.6 is 10.9 Å². The molecule has 0 aliphatic carbocycles. The quantitative estimate of drug-likeness (QED) is 0.467. The van der Waals surface area contributed by atoms with Crippen molar-refractivity contribution in [3.05, 3.63) is 11.6 Å². The molecule has 1 unspecified atom stereocenters. The van der Waals surface area contributed by atoms with Gasteiger partial charge in [0.05, 0.1) is 5.55 Å². The van der Waals surface area contributed by atoms with Crippen LogP contribution in [0.15, 0.2) is 16.6 Å². The Morgan fingerprint density at radius 2 is 2.17 bits per heavy atom. The van der Waals surface area contributed by atoms with Gasteiger partial charge in [-0.1, -0.05) is 10.9 Å². The zero-order valence-electron chi connectivity index (χ0n) is 7.44. The Morgan fingerprint density at radius 1 is 1.50 bits per heavy atom. The molecule has 0 N–H and O–H groups in total. The van der Waals surface area contributed by atoms with Gasteiger partial charge in [-0.15, -0.1) is 0 Å². The van der Waals surface area contributed by atoms with Gasteiger partial charge in [0, 0.05) is 6.20 Å². The third-order valence-corrected chi connectivity index (χ3v) is 2.46. The summed E-state index contributed by atoms with van der Waals surface area (Å²) in [4.78, 5) is 15.2. The zero-order valence-corrected chi connectivity index (χ0v) is 8.34. The minimum Gasteiger partial charge on any atom is -0.453 e. The average molecular weight is 187 g/mol. The lowest BCUT2D eigenvalue weighted by atomic mass is 10.2. The van der Waals surface area contributed by atoms with E-state index in [-0.39, 0.29) is 5.30 Å². The van der Waals surface area contributed by atoms with Crippen molar-refractivity contribution in [1.29, 1.82) is 0 Å². The lowest BCUT2D eigenvalue weighted by Crippen LogP contribution is -2.22. The second-order valence-corrected chi connectivity index (χ2v) is 5.16. The highest BCUT2D eigenvalue weighted by atomic mass is 32.2. The average Bonchev–Trinajstić information content (AvgIpc) is 2.32. The Morgan fingerprint density at radius 3 is 2.58 bits per heavy atom. The van der Waals surface area contributed by atoms with Crippen molar-refractivity contribution in [2.45, 2.75) is 26.4 Å². The standard InChI is InChI=1S/C8H13NO2S/c1-8(2,3)11-7(10)12-5-4-9-6-12/h4-6,12H,1-3H3. The molecular formula is C8H13NO2S. The lowest BCUT2D eigenvalue weighted by molar-refractivity contribution is 0.0737. The smallest absolute Gasteiger partial charge is 0.356 e. The minimum absolute atomic E-state index is 0.171. The maximum absolute atomic E-state index is 11.3. The number of ether oxygens (including phenoxy) is 1. The summed E-state index contributed by atoms with van der Waals surface area (Å²) in [5.41, 5.74) is 1.24. The second-order valence-electron chi connectivity index (χ2n) is 3.45. The van der Waals surface area contributed by atoms with Gasteiger partial charge >= 0.3 is 5.30 Å². The summed E-state index contributed by atoms with van der Waals surface area (Å²) in [6.07, 6.45) is 1.63. The van der Waals surface area contributed by atoms with Crippen LogP contribution in [0.2, 0.25) is 0 Å². The molecule has 0 aromatic rings. The van der Waals surface area contributed by atoms with Crippen LogP contribution in [0, 0.1) is 0 Å². The molecule has 0 spiro atoms. The Kier molecular flexibility index (Phi) is 2.57. The van der Waals surface area contributed by atoms with Gasteiger partial charge in [0.15, 0.2) is 0 Å². The summed E-state index contributed by atoms with van der Waals surface area (Å²) in [6, 6.07) is 0. The van der Waals surface area contributed by atoms with Gasteiger partial charge < -0.3 is 4.74 Å². The number of carbonyl (C=O) groups excluding carboxylic acids is 1. The van der Waals surface area contributed by atoms with Gasteiger partial charge in [-0.25, -0.2) is 4.79 Å². The van der Waals surface area contributed by atoms with Crippen molar-refractivity contribution in [1.82, 2.24) is 0 Å². The van der Waals surface area contributed by atoms with Crippen LogP contribution < -0.4 is 0 Å². The van der Waals surface area contributed by atoms with E-state index in [1.807, 2.05) is 20.8 Å². The van der Waals surface area contributed by atoms with E-state index in [1.165, 1.54) is 0 Å². The first-order valence-corrected chi connectivity index (χ1v) is 5.18. The van der Waals surface area contributed by atoms with Crippen molar-refractivity contribution in [3.8, 4) is 0 Å². The molecule has 0 aromatic carbocycles. The number of aliphatic imine (C=N–C) groups is 1. The second kappa shape index (κ2) is 3.31. The summed E-state index contributed by atoms with van der Waals surface area (Å²) >= 11 is 0. The summed E-state index contributed by atoms with van der Waals surface area (Å²) in [5, 5.41) is 1.61. The first-order valence-electron chi connectivity index (χ1n) is 3.70. The summed E-state index contributed by atoms with van der Waals surface area (Å²) in [6.45, 7) is 5.57. The molecule has 0 saturated heterocycles. The molecule has 1 heterocycles. The highest BCUT2D eigenvalue weighted by molar-refractivity contribution is 8.42. The van der Waals surface area contributed by atoms with Gasteiger partial charge in [0.2, 0.25) is 0 Å². The normalized spacial score (nSPS) is 24.4. The predicted molar refractivity (Wildman–Crippen MR) is 52.9 cm³/mol. The van der Waals surface area contributed by atoms with E-state index in [4.69, 9.17) is 4.74 Å². The number of thiol groups is 1. The number of hydrogen-bond donors (Lipinski definition) is 1. The molecule has 4 heteroatoms.